The minimum Gasteiger partial charge on any atom is -0.387 e. The summed E-state index contributed by atoms with van der Waals surface area (Å²) in [5.74, 6) is -1.01. The first kappa shape index (κ1) is 14.1. The summed E-state index contributed by atoms with van der Waals surface area (Å²) in [4.78, 5) is 0. The number of hydrogen-bond donors (Lipinski definition) is 2. The van der Waals surface area contributed by atoms with Gasteiger partial charge in [-0.05, 0) is 30.7 Å². The molecule has 1 aromatic carbocycles. The van der Waals surface area contributed by atoms with Crippen LogP contribution in [-0.2, 0) is 0 Å². The summed E-state index contributed by atoms with van der Waals surface area (Å²) in [6.45, 7) is 6.42. The van der Waals surface area contributed by atoms with Crippen LogP contribution < -0.4 is 5.32 Å². The van der Waals surface area contributed by atoms with Crippen molar-refractivity contribution in [3.63, 3.8) is 0 Å². The van der Waals surface area contributed by atoms with Gasteiger partial charge < -0.3 is 10.4 Å². The van der Waals surface area contributed by atoms with Crippen molar-refractivity contribution in [1.29, 1.82) is 0 Å². The summed E-state index contributed by atoms with van der Waals surface area (Å²) >= 11 is 0. The first-order valence-electron chi connectivity index (χ1n) is 5.83. The van der Waals surface area contributed by atoms with Crippen LogP contribution in [0.2, 0.25) is 0 Å². The van der Waals surface area contributed by atoms with Gasteiger partial charge in [0.25, 0.3) is 0 Å². The maximum absolute atomic E-state index is 13.5. The van der Waals surface area contributed by atoms with Crippen LogP contribution in [0.1, 0.15) is 32.4 Å². The van der Waals surface area contributed by atoms with E-state index in [2.05, 4.69) is 5.32 Å². The molecular formula is C13H19F2NO. The minimum atomic E-state index is -1.05. The molecule has 2 unspecified atom stereocenters. The second-order valence-corrected chi connectivity index (χ2v) is 4.44. The fraction of sp³-hybridized carbons (Fsp3) is 0.538. The molecule has 0 saturated carbocycles. The van der Waals surface area contributed by atoms with Crippen molar-refractivity contribution >= 4 is 0 Å². The van der Waals surface area contributed by atoms with E-state index in [0.717, 1.165) is 18.2 Å². The van der Waals surface area contributed by atoms with E-state index in [0.29, 0.717) is 6.54 Å². The Morgan fingerprint density at radius 2 is 1.94 bits per heavy atom. The lowest BCUT2D eigenvalue weighted by Gasteiger charge is -2.27. The standard InChI is InChI=1S/C13H19F2NO/c1-4-16-12(8(2)3)13(17)10-7-9(14)5-6-11(10)15/h5-8,12-13,16-17H,4H2,1-3H3. The van der Waals surface area contributed by atoms with E-state index in [1.165, 1.54) is 0 Å². The van der Waals surface area contributed by atoms with Crippen LogP contribution in [0, 0.1) is 17.6 Å². The Balaban J connectivity index is 2.99. The molecule has 1 rings (SSSR count). The number of likely N-dealkylation sites (N-methyl/N-ethyl adjacent to an activating group) is 1. The lowest BCUT2D eigenvalue weighted by Crippen LogP contribution is -2.39. The highest BCUT2D eigenvalue weighted by Gasteiger charge is 2.25. The van der Waals surface area contributed by atoms with Crippen LogP contribution in [0.15, 0.2) is 18.2 Å². The SMILES string of the molecule is CCNC(C(C)C)C(O)c1cc(F)ccc1F. The quantitative estimate of drug-likeness (QED) is 0.833. The Kier molecular flexibility index (Phi) is 5.02. The highest BCUT2D eigenvalue weighted by Crippen LogP contribution is 2.24. The molecule has 0 radical (unpaired) electrons. The second-order valence-electron chi connectivity index (χ2n) is 4.44. The number of benzene rings is 1. The van der Waals surface area contributed by atoms with Crippen LogP contribution >= 0.6 is 0 Å². The van der Waals surface area contributed by atoms with Gasteiger partial charge in [0.15, 0.2) is 0 Å². The van der Waals surface area contributed by atoms with Crippen molar-refractivity contribution in [2.45, 2.75) is 32.9 Å². The first-order chi connectivity index (χ1) is 7.97. The summed E-state index contributed by atoms with van der Waals surface area (Å²) in [6, 6.07) is 2.84. The van der Waals surface area contributed by atoms with Crippen molar-refractivity contribution in [3.05, 3.63) is 35.4 Å². The van der Waals surface area contributed by atoms with Gasteiger partial charge in [-0.2, -0.15) is 0 Å². The monoisotopic (exact) mass is 243 g/mol. The first-order valence-corrected chi connectivity index (χ1v) is 5.83. The van der Waals surface area contributed by atoms with E-state index >= 15 is 0 Å². The third kappa shape index (κ3) is 3.48. The number of aliphatic hydroxyl groups is 1. The van der Waals surface area contributed by atoms with Crippen LogP contribution in [-0.4, -0.2) is 17.7 Å². The number of nitrogens with one attached hydrogen (secondary N) is 1. The molecule has 0 heterocycles. The molecule has 0 aliphatic rings. The third-order valence-electron chi connectivity index (χ3n) is 2.77. The van der Waals surface area contributed by atoms with Crippen molar-refractivity contribution in [3.8, 4) is 0 Å². The molecule has 0 amide bonds. The molecule has 2 N–H and O–H groups in total. The Morgan fingerprint density at radius 3 is 2.47 bits per heavy atom. The molecular weight excluding hydrogens is 224 g/mol. The Bertz CT molecular complexity index is 368. The predicted octanol–water partition coefficient (Wildman–Crippen LogP) is 2.63. The highest BCUT2D eigenvalue weighted by atomic mass is 19.1. The minimum absolute atomic E-state index is 0.00431. The molecule has 96 valence electrons. The van der Waals surface area contributed by atoms with E-state index in [9.17, 15) is 13.9 Å². The molecule has 0 aromatic heterocycles. The fourth-order valence-electron chi connectivity index (χ4n) is 1.88. The van der Waals surface area contributed by atoms with Gasteiger partial charge in [-0.3, -0.25) is 0 Å². The van der Waals surface area contributed by atoms with E-state index in [1.54, 1.807) is 0 Å². The molecule has 17 heavy (non-hydrogen) atoms. The molecule has 0 bridgehead atoms. The average molecular weight is 243 g/mol. The van der Waals surface area contributed by atoms with E-state index in [1.807, 2.05) is 20.8 Å². The van der Waals surface area contributed by atoms with Crippen LogP contribution in [0.5, 0.6) is 0 Å². The van der Waals surface area contributed by atoms with Crippen molar-refractivity contribution in [1.82, 2.24) is 5.32 Å². The predicted molar refractivity (Wildman–Crippen MR) is 63.6 cm³/mol. The van der Waals surface area contributed by atoms with Gasteiger partial charge in [-0.15, -0.1) is 0 Å². The molecule has 0 aliphatic heterocycles. The molecule has 0 saturated heterocycles. The lowest BCUT2D eigenvalue weighted by atomic mass is 9.93. The van der Waals surface area contributed by atoms with E-state index < -0.39 is 17.7 Å². The second kappa shape index (κ2) is 6.07. The van der Waals surface area contributed by atoms with Crippen molar-refractivity contribution in [2.75, 3.05) is 6.54 Å². The van der Waals surface area contributed by atoms with Crippen LogP contribution in [0.4, 0.5) is 8.78 Å². The highest BCUT2D eigenvalue weighted by molar-refractivity contribution is 5.22. The zero-order valence-corrected chi connectivity index (χ0v) is 10.4. The normalized spacial score (nSPS) is 15.0. The van der Waals surface area contributed by atoms with Gasteiger partial charge in [0.1, 0.15) is 11.6 Å². The van der Waals surface area contributed by atoms with Gasteiger partial charge >= 0.3 is 0 Å². The molecule has 1 aromatic rings. The molecule has 0 aliphatic carbocycles. The average Bonchev–Trinajstić information content (AvgIpc) is 2.28. The Morgan fingerprint density at radius 1 is 1.29 bits per heavy atom. The molecule has 0 fully saturated rings. The van der Waals surface area contributed by atoms with Crippen molar-refractivity contribution in [2.24, 2.45) is 5.92 Å². The van der Waals surface area contributed by atoms with Crippen molar-refractivity contribution < 1.29 is 13.9 Å². The summed E-state index contributed by atoms with van der Waals surface area (Å²) in [5.41, 5.74) is 0.00431. The molecule has 0 spiro atoms. The fourth-order valence-corrected chi connectivity index (χ4v) is 1.88. The zero-order valence-electron chi connectivity index (χ0n) is 10.4. The summed E-state index contributed by atoms with van der Waals surface area (Å²) in [7, 11) is 0. The molecule has 2 atom stereocenters. The number of halogens is 2. The van der Waals surface area contributed by atoms with E-state index in [-0.39, 0.29) is 17.5 Å². The summed E-state index contributed by atoms with van der Waals surface area (Å²) in [5, 5.41) is 13.2. The largest absolute Gasteiger partial charge is 0.387 e. The van der Waals surface area contributed by atoms with Gasteiger partial charge in [-0.25, -0.2) is 8.78 Å². The number of aliphatic hydroxyl groups excluding tert-OH is 1. The molecule has 2 nitrogen and oxygen atoms in total. The van der Waals surface area contributed by atoms with Gasteiger partial charge in [0.2, 0.25) is 0 Å². The Hall–Kier alpha value is -1.00. The maximum Gasteiger partial charge on any atom is 0.129 e. The van der Waals surface area contributed by atoms with E-state index in [4.69, 9.17) is 0 Å². The zero-order chi connectivity index (χ0) is 13.0. The van der Waals surface area contributed by atoms with Crippen LogP contribution in [0.3, 0.4) is 0 Å². The molecule has 4 heteroatoms. The smallest absolute Gasteiger partial charge is 0.129 e. The van der Waals surface area contributed by atoms with Gasteiger partial charge in [0.05, 0.1) is 6.10 Å². The summed E-state index contributed by atoms with van der Waals surface area (Å²) in [6.07, 6.45) is -1.05. The number of hydrogen-bond acceptors (Lipinski definition) is 2. The third-order valence-corrected chi connectivity index (χ3v) is 2.77. The lowest BCUT2D eigenvalue weighted by molar-refractivity contribution is 0.102. The Labute approximate surface area is 101 Å². The topological polar surface area (TPSA) is 32.3 Å². The van der Waals surface area contributed by atoms with Gasteiger partial charge in [0, 0.05) is 11.6 Å². The number of rotatable bonds is 5. The van der Waals surface area contributed by atoms with Crippen LogP contribution in [0.25, 0.3) is 0 Å². The maximum atomic E-state index is 13.5. The summed E-state index contributed by atoms with van der Waals surface area (Å²) < 4.78 is 26.6. The van der Waals surface area contributed by atoms with Gasteiger partial charge in [-0.1, -0.05) is 20.8 Å².